The van der Waals surface area contributed by atoms with E-state index in [1.807, 2.05) is 60.9 Å². The van der Waals surface area contributed by atoms with E-state index in [4.69, 9.17) is 9.97 Å². The van der Waals surface area contributed by atoms with Crippen molar-refractivity contribution in [3.63, 3.8) is 0 Å². The van der Waals surface area contributed by atoms with Crippen LogP contribution in [0.15, 0.2) is 198 Å². The van der Waals surface area contributed by atoms with E-state index in [1.165, 1.54) is 5.56 Å². The third-order valence-corrected chi connectivity index (χ3v) is 15.8. The van der Waals surface area contributed by atoms with Crippen molar-refractivity contribution >= 4 is 31.8 Å². The Morgan fingerprint density at radius 2 is 1.06 bits per heavy atom. The summed E-state index contributed by atoms with van der Waals surface area (Å²) in [6.07, 6.45) is 3.64. The largest absolute Gasteiger partial charge is 0.278 e. The first-order chi connectivity index (χ1) is 30.3. The van der Waals surface area contributed by atoms with Gasteiger partial charge >= 0.3 is 0 Å². The van der Waals surface area contributed by atoms with E-state index in [9.17, 15) is 0 Å². The van der Waals surface area contributed by atoms with Crippen LogP contribution in [0.3, 0.4) is 0 Å². The molecule has 3 aliphatic rings. The second kappa shape index (κ2) is 12.3. The average Bonchev–Trinajstić information content (AvgIpc) is 3.72. The van der Waals surface area contributed by atoms with Crippen molar-refractivity contribution in [2.75, 3.05) is 0 Å². The van der Waals surface area contributed by atoms with Crippen LogP contribution in [-0.2, 0) is 20.7 Å². The van der Waals surface area contributed by atoms with Crippen LogP contribution >= 0.6 is 0 Å². The van der Waals surface area contributed by atoms with Crippen LogP contribution in [0.4, 0.5) is 0 Å². The lowest BCUT2D eigenvalue weighted by atomic mass is 9.62. The first-order valence-corrected chi connectivity index (χ1v) is 22.5. The van der Waals surface area contributed by atoms with E-state index in [0.29, 0.717) is 9.79 Å². The molecule has 6 heteroatoms. The number of pyridine rings is 2. The minimum Gasteiger partial charge on any atom is -0.278 e. The maximum atomic E-state index is 15.3. The molecule has 0 amide bonds. The summed E-state index contributed by atoms with van der Waals surface area (Å²) in [6, 6.07) is 61.3. The molecule has 1 aliphatic heterocycles. The van der Waals surface area contributed by atoms with Crippen molar-refractivity contribution in [3.05, 3.63) is 222 Å². The predicted octanol–water partition coefficient (Wildman–Crippen LogP) is 12.7. The fraction of sp³-hybridized carbons (Fsp3) is 0.0714. The van der Waals surface area contributed by atoms with Crippen molar-refractivity contribution < 1.29 is 8.42 Å². The zero-order valence-corrected chi connectivity index (χ0v) is 34.8. The van der Waals surface area contributed by atoms with E-state index in [2.05, 4.69) is 146 Å². The van der Waals surface area contributed by atoms with Crippen molar-refractivity contribution in [3.8, 4) is 50.3 Å². The first-order valence-electron chi connectivity index (χ1n) is 21.1. The Morgan fingerprint density at radius 1 is 0.435 bits per heavy atom. The molecule has 0 saturated heterocycles. The van der Waals surface area contributed by atoms with Crippen LogP contribution in [0.5, 0.6) is 0 Å². The number of hydrogen-bond acceptors (Lipinski definition) is 4. The van der Waals surface area contributed by atoms with E-state index in [-0.39, 0.29) is 0 Å². The van der Waals surface area contributed by atoms with E-state index < -0.39 is 20.7 Å². The highest BCUT2D eigenvalue weighted by Gasteiger charge is 2.53. The maximum absolute atomic E-state index is 15.3. The summed E-state index contributed by atoms with van der Waals surface area (Å²) >= 11 is 0. The van der Waals surface area contributed by atoms with Crippen LogP contribution < -0.4 is 0 Å². The lowest BCUT2D eigenvalue weighted by Crippen LogP contribution is -2.38. The molecule has 0 fully saturated rings. The standard InChI is InChI=1S/C56H37N3O2S/c1-55(2)44-19-7-5-17-39(44)42-32-49-52(33-47(42)55)62(60,61)51-22-10-9-21-46(51)56(49)45-20-8-6-16-38(45)36-14-3-4-15-37(36)40-26-24-35(31-48(40)56)34-25-27-50-43(30-34)41-18-13-29-58-54(41)59(50)53-23-11-12-28-57-53/h3-33H,1-2H3. The number of aromatic nitrogens is 3. The smallest absolute Gasteiger partial charge is 0.207 e. The second-order valence-electron chi connectivity index (χ2n) is 17.3. The topological polar surface area (TPSA) is 64.8 Å². The van der Waals surface area contributed by atoms with Crippen molar-refractivity contribution in [2.45, 2.75) is 34.5 Å². The van der Waals surface area contributed by atoms with Gasteiger partial charge in [0.1, 0.15) is 11.5 Å². The zero-order chi connectivity index (χ0) is 41.5. The van der Waals surface area contributed by atoms with Crippen LogP contribution in [0.1, 0.15) is 47.2 Å². The van der Waals surface area contributed by atoms with Gasteiger partial charge in [0.15, 0.2) is 0 Å². The second-order valence-corrected chi connectivity index (χ2v) is 19.2. The minimum absolute atomic E-state index is 0.342. The van der Waals surface area contributed by atoms with Gasteiger partial charge in [0.05, 0.1) is 20.7 Å². The van der Waals surface area contributed by atoms with Gasteiger partial charge in [0, 0.05) is 28.6 Å². The Kier molecular flexibility index (Phi) is 7.04. The molecule has 3 aromatic heterocycles. The fourth-order valence-corrected chi connectivity index (χ4v) is 13.0. The summed E-state index contributed by atoms with van der Waals surface area (Å²) in [4.78, 5) is 10.3. The lowest BCUT2D eigenvalue weighted by molar-refractivity contribution is 0.577. The number of sulfone groups is 1. The molecule has 0 radical (unpaired) electrons. The van der Waals surface area contributed by atoms with Gasteiger partial charge in [-0.3, -0.25) is 4.57 Å². The van der Waals surface area contributed by atoms with Crippen molar-refractivity contribution in [1.29, 1.82) is 0 Å². The van der Waals surface area contributed by atoms with Crippen LogP contribution in [0.25, 0.3) is 72.3 Å². The van der Waals surface area contributed by atoms with Crippen LogP contribution in [0.2, 0.25) is 0 Å². The maximum Gasteiger partial charge on any atom is 0.207 e. The third-order valence-electron chi connectivity index (χ3n) is 14.0. The highest BCUT2D eigenvalue weighted by atomic mass is 32.2. The summed E-state index contributed by atoms with van der Waals surface area (Å²) in [5, 5.41) is 2.12. The van der Waals surface area contributed by atoms with Gasteiger partial charge in [-0.25, -0.2) is 18.4 Å². The van der Waals surface area contributed by atoms with Gasteiger partial charge in [-0.1, -0.05) is 129 Å². The van der Waals surface area contributed by atoms with E-state index >= 15 is 8.42 Å². The van der Waals surface area contributed by atoms with Gasteiger partial charge in [0.2, 0.25) is 9.84 Å². The molecule has 0 bridgehead atoms. The fourth-order valence-electron chi connectivity index (χ4n) is 11.3. The molecular weight excluding hydrogens is 779 g/mol. The van der Waals surface area contributed by atoms with Gasteiger partial charge in [-0.05, 0) is 139 Å². The van der Waals surface area contributed by atoms with Gasteiger partial charge in [-0.2, -0.15) is 0 Å². The molecule has 10 aromatic rings. The molecule has 5 nitrogen and oxygen atoms in total. The molecule has 62 heavy (non-hydrogen) atoms. The number of benzene rings is 7. The zero-order valence-electron chi connectivity index (χ0n) is 34.0. The van der Waals surface area contributed by atoms with Gasteiger partial charge in [0.25, 0.3) is 0 Å². The Bertz CT molecular complexity index is 3700. The average molecular weight is 816 g/mol. The number of rotatable bonds is 2. The number of hydrogen-bond donors (Lipinski definition) is 0. The summed E-state index contributed by atoms with van der Waals surface area (Å²) < 4.78 is 32.8. The molecular formula is C56H37N3O2S. The SMILES string of the molecule is CC1(C)c2ccccc2-c2cc3c(cc21)S(=O)(=O)c1ccccc1C31c2ccccc2-c2ccccc2-c2ccc(-c3ccc4c(c3)c3cccnc3n4-c3ccccn3)cc21. The first kappa shape index (κ1) is 35.4. The summed E-state index contributed by atoms with van der Waals surface area (Å²) in [6.45, 7) is 4.42. The molecule has 1 spiro atoms. The molecule has 4 heterocycles. The summed E-state index contributed by atoms with van der Waals surface area (Å²) in [5.74, 6) is 0.810. The third kappa shape index (κ3) is 4.44. The predicted molar refractivity (Wildman–Crippen MR) is 248 cm³/mol. The Morgan fingerprint density at radius 3 is 1.84 bits per heavy atom. The molecule has 7 aromatic carbocycles. The molecule has 0 N–H and O–H groups in total. The molecule has 294 valence electrons. The highest BCUT2D eigenvalue weighted by molar-refractivity contribution is 7.91. The van der Waals surface area contributed by atoms with E-state index in [0.717, 1.165) is 100 Å². The monoisotopic (exact) mass is 815 g/mol. The Labute approximate surface area is 359 Å². The Balaban J connectivity index is 1.17. The summed E-state index contributed by atoms with van der Waals surface area (Å²) in [7, 11) is -3.96. The highest BCUT2D eigenvalue weighted by Crippen LogP contribution is 2.62. The molecule has 0 saturated carbocycles. The van der Waals surface area contributed by atoms with Crippen molar-refractivity contribution in [1.82, 2.24) is 14.5 Å². The van der Waals surface area contributed by atoms with Crippen LogP contribution in [0, 0.1) is 0 Å². The quantitative estimate of drug-likeness (QED) is 0.174. The molecule has 2 aliphatic carbocycles. The molecule has 13 rings (SSSR count). The number of nitrogens with zero attached hydrogens (tertiary/aromatic N) is 3. The lowest BCUT2D eigenvalue weighted by Gasteiger charge is -2.43. The van der Waals surface area contributed by atoms with Gasteiger partial charge in [-0.15, -0.1) is 0 Å². The summed E-state index contributed by atoms with van der Waals surface area (Å²) in [5.41, 5.74) is 15.0. The molecule has 1 unspecified atom stereocenters. The van der Waals surface area contributed by atoms with Gasteiger partial charge < -0.3 is 0 Å². The number of fused-ring (bicyclic) bond motifs is 17. The normalized spacial score (nSPS) is 17.0. The van der Waals surface area contributed by atoms with E-state index in [1.54, 1.807) is 0 Å². The van der Waals surface area contributed by atoms with Crippen LogP contribution in [-0.4, -0.2) is 23.0 Å². The molecule has 1 atom stereocenters. The Hall–Kier alpha value is -7.41. The minimum atomic E-state index is -3.96. The van der Waals surface area contributed by atoms with Crippen molar-refractivity contribution in [2.24, 2.45) is 0 Å².